The first-order chi connectivity index (χ1) is 15.2. The lowest BCUT2D eigenvalue weighted by molar-refractivity contribution is 0.0565. The van der Waals surface area contributed by atoms with E-state index in [-0.39, 0.29) is 11.9 Å². The summed E-state index contributed by atoms with van der Waals surface area (Å²) in [5.74, 6) is 0.727. The van der Waals surface area contributed by atoms with Gasteiger partial charge in [0.2, 0.25) is 5.89 Å². The van der Waals surface area contributed by atoms with Crippen LogP contribution in [0.25, 0.3) is 22.4 Å². The molecule has 3 aromatic heterocycles. The molecule has 0 bridgehead atoms. The van der Waals surface area contributed by atoms with Crippen molar-refractivity contribution in [1.82, 2.24) is 29.9 Å². The van der Waals surface area contributed by atoms with Crippen molar-refractivity contribution in [3.8, 4) is 11.6 Å². The molecule has 0 aliphatic carbocycles. The molecular weight excluding hydrogens is 392 g/mol. The third-order valence-corrected chi connectivity index (χ3v) is 5.68. The summed E-state index contributed by atoms with van der Waals surface area (Å²) in [7, 11) is 0. The first-order valence-electron chi connectivity index (χ1n) is 10.8. The van der Waals surface area contributed by atoms with Gasteiger partial charge in [-0.3, -0.25) is 14.5 Å². The van der Waals surface area contributed by atoms with Crippen LogP contribution >= 0.6 is 0 Å². The van der Waals surface area contributed by atoms with Crippen LogP contribution in [0.15, 0.2) is 53.2 Å². The number of hydrogen-bond donors (Lipinski definition) is 0. The average molecular weight is 416 g/mol. The van der Waals surface area contributed by atoms with Crippen molar-refractivity contribution in [2.24, 2.45) is 0 Å². The van der Waals surface area contributed by atoms with Gasteiger partial charge in [0, 0.05) is 30.9 Å². The molecule has 158 valence electrons. The molecule has 1 atom stereocenters. The molecule has 1 saturated heterocycles. The number of carbonyl (C=O) groups is 1. The van der Waals surface area contributed by atoms with Crippen LogP contribution in [0.1, 0.15) is 55.0 Å². The van der Waals surface area contributed by atoms with Gasteiger partial charge in [-0.25, -0.2) is 0 Å². The van der Waals surface area contributed by atoms with Crippen LogP contribution < -0.4 is 0 Å². The largest absolute Gasteiger partial charge is 0.417 e. The highest BCUT2D eigenvalue weighted by atomic mass is 16.4. The molecule has 1 fully saturated rings. The number of amides is 1. The van der Waals surface area contributed by atoms with Crippen molar-refractivity contribution in [2.45, 2.75) is 45.2 Å². The van der Waals surface area contributed by atoms with Gasteiger partial charge in [-0.05, 0) is 43.2 Å². The molecule has 0 saturated carbocycles. The van der Waals surface area contributed by atoms with Gasteiger partial charge in [-0.15, -0.1) is 10.2 Å². The van der Waals surface area contributed by atoms with E-state index in [0.29, 0.717) is 29.7 Å². The summed E-state index contributed by atoms with van der Waals surface area (Å²) >= 11 is 0. The maximum absolute atomic E-state index is 13.2. The van der Waals surface area contributed by atoms with Crippen molar-refractivity contribution < 1.29 is 9.21 Å². The van der Waals surface area contributed by atoms with Crippen molar-refractivity contribution in [3.05, 3.63) is 60.4 Å². The smallest absolute Gasteiger partial charge is 0.275 e. The lowest BCUT2D eigenvalue weighted by Gasteiger charge is -2.32. The zero-order chi connectivity index (χ0) is 21.2. The van der Waals surface area contributed by atoms with Crippen molar-refractivity contribution in [2.75, 3.05) is 6.54 Å². The number of piperidine rings is 1. The fourth-order valence-corrected chi connectivity index (χ4v) is 4.16. The predicted molar refractivity (Wildman–Crippen MR) is 115 cm³/mol. The second-order valence-electron chi connectivity index (χ2n) is 7.80. The van der Waals surface area contributed by atoms with Gasteiger partial charge in [-0.2, -0.15) is 5.10 Å². The van der Waals surface area contributed by atoms with E-state index >= 15 is 0 Å². The summed E-state index contributed by atoms with van der Waals surface area (Å²) in [6, 6.07) is 11.4. The first kappa shape index (κ1) is 19.4. The topological polar surface area (TPSA) is 89.9 Å². The van der Waals surface area contributed by atoms with Crippen LogP contribution in [-0.4, -0.2) is 42.3 Å². The Bertz CT molecular complexity index is 1210. The van der Waals surface area contributed by atoms with E-state index in [4.69, 9.17) is 4.42 Å². The molecule has 1 amide bonds. The molecule has 0 unspecified atom stereocenters. The number of nitrogens with zero attached hydrogens (tertiary/aromatic N) is 6. The van der Waals surface area contributed by atoms with Gasteiger partial charge in [0.05, 0.1) is 0 Å². The van der Waals surface area contributed by atoms with Crippen molar-refractivity contribution in [3.63, 3.8) is 0 Å². The van der Waals surface area contributed by atoms with E-state index < -0.39 is 0 Å². The highest BCUT2D eigenvalue weighted by molar-refractivity contribution is 5.93. The number of fused-ring (bicyclic) bond motifs is 1. The molecule has 0 radical (unpaired) electrons. The zero-order valence-corrected chi connectivity index (χ0v) is 17.4. The van der Waals surface area contributed by atoms with E-state index in [0.717, 1.165) is 43.0 Å². The van der Waals surface area contributed by atoms with E-state index in [9.17, 15) is 4.79 Å². The van der Waals surface area contributed by atoms with Gasteiger partial charge >= 0.3 is 0 Å². The quantitative estimate of drug-likeness (QED) is 0.483. The van der Waals surface area contributed by atoms with Gasteiger partial charge in [0.15, 0.2) is 0 Å². The predicted octanol–water partition coefficient (Wildman–Crippen LogP) is 4.26. The summed E-state index contributed by atoms with van der Waals surface area (Å²) in [5, 5.41) is 15.0. The Balaban J connectivity index is 1.44. The third-order valence-electron chi connectivity index (χ3n) is 5.68. The minimum Gasteiger partial charge on any atom is -0.417 e. The van der Waals surface area contributed by atoms with Crippen LogP contribution in [0.3, 0.4) is 0 Å². The number of rotatable bonds is 5. The Morgan fingerprint density at radius 2 is 2.06 bits per heavy atom. The Morgan fingerprint density at radius 3 is 2.97 bits per heavy atom. The summed E-state index contributed by atoms with van der Waals surface area (Å²) in [6.07, 6.45) is 7.30. The van der Waals surface area contributed by atoms with Crippen molar-refractivity contribution in [1.29, 1.82) is 0 Å². The van der Waals surface area contributed by atoms with Gasteiger partial charge in [0.1, 0.15) is 17.4 Å². The standard InChI is InChI=1S/C23H24N6O2/c1-2-13-28-15-11-18(27-28)23(30)29-14-6-5-9-19(29)21-25-26-22(31-21)20-17-8-4-3-7-16(17)10-12-24-20/h3-4,7-8,10-12,15,19H,2,5-6,9,13-14H2,1H3/t19-/m1/s1. The van der Waals surface area contributed by atoms with E-state index in [2.05, 4.69) is 27.2 Å². The fraction of sp³-hybridized carbons (Fsp3) is 0.348. The number of hydrogen-bond acceptors (Lipinski definition) is 6. The van der Waals surface area contributed by atoms with Crippen LogP contribution in [-0.2, 0) is 6.54 Å². The van der Waals surface area contributed by atoms with E-state index in [1.807, 2.05) is 46.1 Å². The number of benzene rings is 1. The molecule has 8 nitrogen and oxygen atoms in total. The molecule has 8 heteroatoms. The van der Waals surface area contributed by atoms with Gasteiger partial charge < -0.3 is 9.32 Å². The number of likely N-dealkylation sites (tertiary alicyclic amines) is 1. The number of aryl methyl sites for hydroxylation is 1. The Morgan fingerprint density at radius 1 is 1.16 bits per heavy atom. The lowest BCUT2D eigenvalue weighted by atomic mass is 10.0. The van der Waals surface area contributed by atoms with Crippen LogP contribution in [0, 0.1) is 0 Å². The van der Waals surface area contributed by atoms with Crippen LogP contribution in [0.2, 0.25) is 0 Å². The van der Waals surface area contributed by atoms with Gasteiger partial charge in [0.25, 0.3) is 11.8 Å². The maximum Gasteiger partial charge on any atom is 0.275 e. The second-order valence-corrected chi connectivity index (χ2v) is 7.80. The van der Waals surface area contributed by atoms with Gasteiger partial charge in [-0.1, -0.05) is 31.2 Å². The molecule has 4 aromatic rings. The molecule has 1 aliphatic heterocycles. The molecule has 0 spiro atoms. The Hall–Kier alpha value is -3.55. The van der Waals surface area contributed by atoms with E-state index in [1.54, 1.807) is 12.3 Å². The average Bonchev–Trinajstić information content (AvgIpc) is 3.49. The monoisotopic (exact) mass is 416 g/mol. The molecule has 1 aromatic carbocycles. The van der Waals surface area contributed by atoms with E-state index in [1.165, 1.54) is 0 Å². The third kappa shape index (κ3) is 3.69. The summed E-state index contributed by atoms with van der Waals surface area (Å²) in [5.41, 5.74) is 1.11. The lowest BCUT2D eigenvalue weighted by Crippen LogP contribution is -2.39. The molecule has 4 heterocycles. The highest BCUT2D eigenvalue weighted by Crippen LogP contribution is 2.33. The molecular formula is C23H24N6O2. The summed E-state index contributed by atoms with van der Waals surface area (Å²) < 4.78 is 7.88. The SMILES string of the molecule is CCCn1ccc(C(=O)N2CCCC[C@@H]2c2nnc(-c3nccc4ccccc34)o2)n1. The molecule has 31 heavy (non-hydrogen) atoms. The van der Waals surface area contributed by atoms with Crippen molar-refractivity contribution >= 4 is 16.7 Å². The number of carbonyl (C=O) groups excluding carboxylic acids is 1. The fourth-order valence-electron chi connectivity index (χ4n) is 4.16. The number of pyridine rings is 1. The molecule has 5 rings (SSSR count). The minimum absolute atomic E-state index is 0.0948. The zero-order valence-electron chi connectivity index (χ0n) is 17.4. The first-order valence-corrected chi connectivity index (χ1v) is 10.8. The molecule has 1 aliphatic rings. The Kier molecular flexibility index (Phi) is 5.19. The van der Waals surface area contributed by atoms with Crippen LogP contribution in [0.5, 0.6) is 0 Å². The normalized spacial score (nSPS) is 16.7. The maximum atomic E-state index is 13.2. The second kappa shape index (κ2) is 8.29. The summed E-state index contributed by atoms with van der Waals surface area (Å²) in [4.78, 5) is 19.5. The molecule has 0 N–H and O–H groups in total. The minimum atomic E-state index is -0.256. The van der Waals surface area contributed by atoms with Crippen LogP contribution in [0.4, 0.5) is 0 Å². The summed E-state index contributed by atoms with van der Waals surface area (Å²) in [6.45, 7) is 3.53. The number of aromatic nitrogens is 5. The highest BCUT2D eigenvalue weighted by Gasteiger charge is 2.33. The Labute approximate surface area is 179 Å².